The van der Waals surface area contributed by atoms with Crippen LogP contribution in [0.5, 0.6) is 5.88 Å². The molecule has 3 heterocycles. The van der Waals surface area contributed by atoms with Crippen molar-refractivity contribution < 1.29 is 9.53 Å². The van der Waals surface area contributed by atoms with Crippen LogP contribution < -0.4 is 4.74 Å². The number of fused-ring (bicyclic) bond motifs is 1. The van der Waals surface area contributed by atoms with Crippen molar-refractivity contribution in [1.29, 1.82) is 0 Å². The van der Waals surface area contributed by atoms with Gasteiger partial charge in [-0.1, -0.05) is 6.07 Å². The van der Waals surface area contributed by atoms with Gasteiger partial charge in [-0.25, -0.2) is 9.78 Å². The Hall–Kier alpha value is -2.24. The largest absolute Gasteiger partial charge is 0.406 e. The Morgan fingerprint density at radius 3 is 3.24 bits per heavy atom. The molecule has 17 heavy (non-hydrogen) atoms. The van der Waals surface area contributed by atoms with Crippen LogP contribution in [0.2, 0.25) is 0 Å². The van der Waals surface area contributed by atoms with E-state index in [0.29, 0.717) is 12.3 Å². The number of carbonyl (C=O) groups excluding carboxylic acids is 1. The molecular formula is C11H10N4O2. The number of nitrogens with zero attached hydrogens (tertiary/aromatic N) is 4. The van der Waals surface area contributed by atoms with E-state index in [4.69, 9.17) is 4.74 Å². The lowest BCUT2D eigenvalue weighted by molar-refractivity contribution is -0.138. The van der Waals surface area contributed by atoms with E-state index in [2.05, 4.69) is 15.2 Å². The number of hydrogen-bond acceptors (Lipinski definition) is 5. The number of esters is 1. The van der Waals surface area contributed by atoms with E-state index in [0.717, 1.165) is 12.2 Å². The van der Waals surface area contributed by atoms with Crippen molar-refractivity contribution >= 4 is 5.97 Å². The van der Waals surface area contributed by atoms with Crippen LogP contribution in [0.3, 0.4) is 0 Å². The van der Waals surface area contributed by atoms with Gasteiger partial charge in [0.25, 0.3) is 0 Å². The predicted molar refractivity (Wildman–Crippen MR) is 57.3 cm³/mol. The number of hydrogen-bond donors (Lipinski definition) is 0. The second-order valence-electron chi connectivity index (χ2n) is 3.80. The lowest BCUT2D eigenvalue weighted by Gasteiger charge is -2.10. The molecule has 86 valence electrons. The molecule has 1 aliphatic rings. The molecule has 1 aliphatic heterocycles. The molecular weight excluding hydrogens is 220 g/mol. The minimum atomic E-state index is -0.331. The van der Waals surface area contributed by atoms with Gasteiger partial charge in [-0.05, 0) is 12.5 Å². The summed E-state index contributed by atoms with van der Waals surface area (Å²) >= 11 is 0. The average molecular weight is 230 g/mol. The van der Waals surface area contributed by atoms with Gasteiger partial charge in [0.2, 0.25) is 5.88 Å². The van der Waals surface area contributed by atoms with E-state index >= 15 is 0 Å². The fraction of sp³-hybridized carbons (Fsp3) is 0.273. The number of aromatic nitrogens is 4. The van der Waals surface area contributed by atoms with Crippen molar-refractivity contribution in [1.82, 2.24) is 19.7 Å². The zero-order valence-electron chi connectivity index (χ0n) is 8.98. The molecule has 2 aromatic rings. The Balaban J connectivity index is 1.77. The Morgan fingerprint density at radius 1 is 1.47 bits per heavy atom. The molecule has 1 unspecified atom stereocenters. The van der Waals surface area contributed by atoms with Crippen molar-refractivity contribution in [3.63, 3.8) is 0 Å². The zero-order valence-corrected chi connectivity index (χ0v) is 8.98. The number of aryl methyl sites for hydroxylation is 1. The molecule has 0 N–H and O–H groups in total. The van der Waals surface area contributed by atoms with Gasteiger partial charge in [0.15, 0.2) is 0 Å². The Kier molecular flexibility index (Phi) is 2.32. The lowest BCUT2D eigenvalue weighted by Crippen LogP contribution is -2.21. The van der Waals surface area contributed by atoms with Gasteiger partial charge in [0.05, 0.1) is 0 Å². The van der Waals surface area contributed by atoms with E-state index in [1.807, 2.05) is 0 Å². The van der Waals surface area contributed by atoms with Crippen LogP contribution in [-0.4, -0.2) is 25.7 Å². The first-order valence-electron chi connectivity index (χ1n) is 5.36. The molecule has 1 atom stereocenters. The van der Waals surface area contributed by atoms with E-state index in [-0.39, 0.29) is 12.0 Å². The Morgan fingerprint density at radius 2 is 2.41 bits per heavy atom. The summed E-state index contributed by atoms with van der Waals surface area (Å²) in [5.74, 6) is 0.828. The number of ether oxygens (including phenoxy) is 1. The summed E-state index contributed by atoms with van der Waals surface area (Å²) in [6.07, 6.45) is 4.60. The fourth-order valence-corrected chi connectivity index (χ4v) is 1.92. The van der Waals surface area contributed by atoms with Crippen molar-refractivity contribution in [2.75, 3.05) is 0 Å². The van der Waals surface area contributed by atoms with E-state index in [1.165, 1.54) is 0 Å². The minimum absolute atomic E-state index is 0.317. The highest BCUT2D eigenvalue weighted by atomic mass is 16.5. The van der Waals surface area contributed by atoms with Crippen LogP contribution in [-0.2, 0) is 11.2 Å². The first-order chi connectivity index (χ1) is 8.34. The van der Waals surface area contributed by atoms with Gasteiger partial charge in [-0.2, -0.15) is 0 Å². The minimum Gasteiger partial charge on any atom is -0.406 e. The number of pyridine rings is 1. The second-order valence-corrected chi connectivity index (χ2v) is 3.80. The van der Waals surface area contributed by atoms with Crippen molar-refractivity contribution in [2.45, 2.75) is 18.9 Å². The van der Waals surface area contributed by atoms with Crippen LogP contribution in [0.1, 0.15) is 18.3 Å². The molecule has 0 aliphatic carbocycles. The summed E-state index contributed by atoms with van der Waals surface area (Å²) in [5.41, 5.74) is 0. The summed E-state index contributed by atoms with van der Waals surface area (Å²) in [7, 11) is 0. The summed E-state index contributed by atoms with van der Waals surface area (Å²) in [5, 5.41) is 7.70. The van der Waals surface area contributed by atoms with Gasteiger partial charge in [-0.3, -0.25) is 0 Å². The van der Waals surface area contributed by atoms with Gasteiger partial charge in [0, 0.05) is 18.7 Å². The second kappa shape index (κ2) is 3.97. The SMILES string of the molecule is O=C(Oc1ccccn1)C1CCc2nncn21. The van der Waals surface area contributed by atoms with Crippen molar-refractivity contribution in [2.24, 2.45) is 0 Å². The molecule has 0 amide bonds. The summed E-state index contributed by atoms with van der Waals surface area (Å²) in [4.78, 5) is 15.9. The van der Waals surface area contributed by atoms with Crippen molar-refractivity contribution in [3.05, 3.63) is 36.5 Å². The third-order valence-electron chi connectivity index (χ3n) is 2.74. The van der Waals surface area contributed by atoms with Gasteiger partial charge >= 0.3 is 5.97 Å². The topological polar surface area (TPSA) is 69.9 Å². The predicted octanol–water partition coefficient (Wildman–Crippen LogP) is 0.766. The molecule has 3 rings (SSSR count). The molecule has 0 aromatic carbocycles. The van der Waals surface area contributed by atoms with Crippen LogP contribution in [0.15, 0.2) is 30.7 Å². The summed E-state index contributed by atoms with van der Waals surface area (Å²) < 4.78 is 6.95. The van der Waals surface area contributed by atoms with Crippen LogP contribution in [0.25, 0.3) is 0 Å². The maximum absolute atomic E-state index is 11.9. The van der Waals surface area contributed by atoms with E-state index in [1.54, 1.807) is 35.3 Å². The first-order valence-corrected chi connectivity index (χ1v) is 5.36. The number of rotatable bonds is 2. The third-order valence-corrected chi connectivity index (χ3v) is 2.74. The maximum atomic E-state index is 11.9. The molecule has 0 radical (unpaired) electrons. The van der Waals surface area contributed by atoms with E-state index < -0.39 is 0 Å². The highest BCUT2D eigenvalue weighted by Crippen LogP contribution is 2.25. The normalized spacial score (nSPS) is 17.8. The highest BCUT2D eigenvalue weighted by molar-refractivity contribution is 5.76. The molecule has 6 nitrogen and oxygen atoms in total. The maximum Gasteiger partial charge on any atom is 0.335 e. The molecule has 6 heteroatoms. The smallest absolute Gasteiger partial charge is 0.335 e. The lowest BCUT2D eigenvalue weighted by atomic mass is 10.2. The summed E-state index contributed by atoms with van der Waals surface area (Å²) in [6.45, 7) is 0. The van der Waals surface area contributed by atoms with E-state index in [9.17, 15) is 4.79 Å². The van der Waals surface area contributed by atoms with Crippen LogP contribution in [0, 0.1) is 0 Å². The molecule has 0 saturated carbocycles. The molecule has 0 saturated heterocycles. The molecule has 0 fully saturated rings. The Labute approximate surface area is 97.3 Å². The average Bonchev–Trinajstić information content (AvgIpc) is 2.91. The van der Waals surface area contributed by atoms with Crippen LogP contribution >= 0.6 is 0 Å². The highest BCUT2D eigenvalue weighted by Gasteiger charge is 2.30. The summed E-state index contributed by atoms with van der Waals surface area (Å²) in [6, 6.07) is 4.86. The number of carbonyl (C=O) groups is 1. The first kappa shape index (κ1) is 9.95. The Bertz CT molecular complexity index is 537. The molecule has 0 spiro atoms. The van der Waals surface area contributed by atoms with Gasteiger partial charge in [-0.15, -0.1) is 10.2 Å². The van der Waals surface area contributed by atoms with Crippen molar-refractivity contribution in [3.8, 4) is 5.88 Å². The van der Waals surface area contributed by atoms with Crippen LogP contribution in [0.4, 0.5) is 0 Å². The monoisotopic (exact) mass is 230 g/mol. The standard InChI is InChI=1S/C11H10N4O2/c16-11(17-10-3-1-2-6-12-10)8-4-5-9-14-13-7-15(8)9/h1-3,6-8H,4-5H2. The third kappa shape index (κ3) is 1.77. The van der Waals surface area contributed by atoms with Gasteiger partial charge in [0.1, 0.15) is 18.2 Å². The van der Waals surface area contributed by atoms with Gasteiger partial charge < -0.3 is 9.30 Å². The quantitative estimate of drug-likeness (QED) is 0.712. The molecule has 2 aromatic heterocycles. The molecule has 0 bridgehead atoms. The zero-order chi connectivity index (χ0) is 11.7. The fourth-order valence-electron chi connectivity index (χ4n) is 1.92.